The van der Waals surface area contributed by atoms with Gasteiger partial charge in [0, 0.05) is 22.1 Å². The molecule has 0 aromatic heterocycles. The molecular weight excluding hydrogens is 242 g/mol. The van der Waals surface area contributed by atoms with E-state index in [0.29, 0.717) is 16.7 Å². The normalized spacial score (nSPS) is 31.6. The third-order valence-corrected chi connectivity index (χ3v) is 6.99. The SMILES string of the molecule is CCC(C)(C)C1CCC(NC)C(S(=O)C(C)C)C1. The zero-order valence-corrected chi connectivity index (χ0v) is 13.8. The van der Waals surface area contributed by atoms with Crippen LogP contribution in [0.3, 0.4) is 0 Å². The van der Waals surface area contributed by atoms with Crippen LogP contribution in [-0.4, -0.2) is 27.8 Å². The van der Waals surface area contributed by atoms with E-state index in [1.54, 1.807) is 0 Å². The molecule has 0 heterocycles. The highest BCUT2D eigenvalue weighted by Crippen LogP contribution is 2.42. The maximum atomic E-state index is 12.5. The predicted octanol–water partition coefficient (Wildman–Crippen LogP) is 3.34. The molecule has 0 saturated heterocycles. The number of nitrogens with one attached hydrogen (secondary N) is 1. The summed E-state index contributed by atoms with van der Waals surface area (Å²) in [5, 5.41) is 3.99. The summed E-state index contributed by atoms with van der Waals surface area (Å²) in [5.74, 6) is 0.722. The Hall–Kier alpha value is 0.110. The fourth-order valence-electron chi connectivity index (χ4n) is 3.06. The van der Waals surface area contributed by atoms with Crippen molar-refractivity contribution >= 4 is 10.8 Å². The van der Waals surface area contributed by atoms with Gasteiger partial charge in [0.05, 0.1) is 5.25 Å². The lowest BCUT2D eigenvalue weighted by atomic mass is 9.68. The van der Waals surface area contributed by atoms with E-state index < -0.39 is 10.8 Å². The lowest BCUT2D eigenvalue weighted by Crippen LogP contribution is -2.48. The Balaban J connectivity index is 2.81. The van der Waals surface area contributed by atoms with Crippen LogP contribution in [0.4, 0.5) is 0 Å². The Bertz CT molecular complexity index is 288. The highest BCUT2D eigenvalue weighted by atomic mass is 32.2. The van der Waals surface area contributed by atoms with Gasteiger partial charge < -0.3 is 5.32 Å². The lowest BCUT2D eigenvalue weighted by Gasteiger charge is -2.43. The molecule has 0 radical (unpaired) electrons. The van der Waals surface area contributed by atoms with Gasteiger partial charge in [0.1, 0.15) is 0 Å². The van der Waals surface area contributed by atoms with Gasteiger partial charge in [-0.1, -0.05) is 41.0 Å². The van der Waals surface area contributed by atoms with Crippen LogP contribution in [-0.2, 0) is 10.8 Å². The van der Waals surface area contributed by atoms with Crippen LogP contribution in [0.25, 0.3) is 0 Å². The van der Waals surface area contributed by atoms with Crippen molar-refractivity contribution in [1.29, 1.82) is 0 Å². The van der Waals surface area contributed by atoms with Crippen molar-refractivity contribution in [2.45, 2.75) is 76.8 Å². The molecular formula is C15H31NOS. The van der Waals surface area contributed by atoms with E-state index in [-0.39, 0.29) is 5.25 Å². The predicted molar refractivity (Wildman–Crippen MR) is 81.3 cm³/mol. The van der Waals surface area contributed by atoms with E-state index in [1.807, 2.05) is 7.05 Å². The highest BCUT2D eigenvalue weighted by Gasteiger charge is 2.39. The summed E-state index contributed by atoms with van der Waals surface area (Å²) in [6.45, 7) is 11.2. The molecule has 4 unspecified atom stereocenters. The Labute approximate surface area is 116 Å². The van der Waals surface area contributed by atoms with Crippen LogP contribution in [0.1, 0.15) is 60.3 Å². The summed E-state index contributed by atoms with van der Waals surface area (Å²) in [4.78, 5) is 0. The van der Waals surface area contributed by atoms with Gasteiger partial charge in [-0.25, -0.2) is 0 Å². The molecule has 0 spiro atoms. The van der Waals surface area contributed by atoms with Gasteiger partial charge in [0.15, 0.2) is 0 Å². The van der Waals surface area contributed by atoms with Gasteiger partial charge in [-0.05, 0) is 37.6 Å². The first-order valence-electron chi connectivity index (χ1n) is 7.40. The molecule has 0 aromatic rings. The minimum absolute atomic E-state index is 0.273. The van der Waals surface area contributed by atoms with Crippen molar-refractivity contribution in [3.05, 3.63) is 0 Å². The number of rotatable bonds is 5. The van der Waals surface area contributed by atoms with Crippen molar-refractivity contribution in [1.82, 2.24) is 5.32 Å². The molecule has 0 bridgehead atoms. The summed E-state index contributed by atoms with van der Waals surface area (Å²) in [6.07, 6.45) is 4.78. The van der Waals surface area contributed by atoms with E-state index in [4.69, 9.17) is 0 Å². The molecule has 1 N–H and O–H groups in total. The molecule has 1 fully saturated rings. The van der Waals surface area contributed by atoms with Crippen LogP contribution in [0, 0.1) is 11.3 Å². The minimum Gasteiger partial charge on any atom is -0.316 e. The first-order valence-corrected chi connectivity index (χ1v) is 8.67. The lowest BCUT2D eigenvalue weighted by molar-refractivity contribution is 0.141. The van der Waals surface area contributed by atoms with Crippen molar-refractivity contribution in [2.75, 3.05) is 7.05 Å². The van der Waals surface area contributed by atoms with Crippen LogP contribution in [0.5, 0.6) is 0 Å². The highest BCUT2D eigenvalue weighted by molar-refractivity contribution is 7.86. The van der Waals surface area contributed by atoms with E-state index in [1.165, 1.54) is 19.3 Å². The van der Waals surface area contributed by atoms with Crippen molar-refractivity contribution in [2.24, 2.45) is 11.3 Å². The van der Waals surface area contributed by atoms with Gasteiger partial charge in [-0.3, -0.25) is 4.21 Å². The molecule has 0 aromatic carbocycles. The van der Waals surface area contributed by atoms with E-state index in [2.05, 4.69) is 39.9 Å². The largest absolute Gasteiger partial charge is 0.316 e. The fraction of sp³-hybridized carbons (Fsp3) is 1.00. The molecule has 2 nitrogen and oxygen atoms in total. The van der Waals surface area contributed by atoms with Gasteiger partial charge in [-0.15, -0.1) is 0 Å². The van der Waals surface area contributed by atoms with Gasteiger partial charge >= 0.3 is 0 Å². The van der Waals surface area contributed by atoms with Crippen LogP contribution in [0.15, 0.2) is 0 Å². The summed E-state index contributed by atoms with van der Waals surface area (Å²) in [6, 6.07) is 0.442. The first-order chi connectivity index (χ1) is 8.33. The second-order valence-corrected chi connectivity index (χ2v) is 8.87. The molecule has 0 aliphatic heterocycles. The van der Waals surface area contributed by atoms with Crippen molar-refractivity contribution in [3.8, 4) is 0 Å². The zero-order chi connectivity index (χ0) is 13.9. The Kier molecular flexibility index (Phi) is 5.85. The molecule has 3 heteroatoms. The Morgan fingerprint density at radius 1 is 1.33 bits per heavy atom. The Morgan fingerprint density at radius 3 is 2.39 bits per heavy atom. The van der Waals surface area contributed by atoms with Gasteiger partial charge in [0.2, 0.25) is 0 Å². The minimum atomic E-state index is -0.708. The molecule has 4 atom stereocenters. The van der Waals surface area contributed by atoms with Crippen LogP contribution in [0.2, 0.25) is 0 Å². The quantitative estimate of drug-likeness (QED) is 0.832. The van der Waals surface area contributed by atoms with Crippen molar-refractivity contribution < 1.29 is 4.21 Å². The average molecular weight is 273 g/mol. The molecule has 0 amide bonds. The smallest absolute Gasteiger partial charge is 0.0506 e. The summed E-state index contributed by atoms with van der Waals surface area (Å²) in [5.41, 5.74) is 0.387. The summed E-state index contributed by atoms with van der Waals surface area (Å²) in [7, 11) is 1.31. The van der Waals surface area contributed by atoms with Crippen molar-refractivity contribution in [3.63, 3.8) is 0 Å². The van der Waals surface area contributed by atoms with E-state index in [0.717, 1.165) is 12.3 Å². The van der Waals surface area contributed by atoms with Gasteiger partial charge in [-0.2, -0.15) is 0 Å². The first kappa shape index (κ1) is 16.2. The molecule has 1 aliphatic rings. The molecule has 1 aliphatic carbocycles. The standard InChI is InChI=1S/C15H31NOS/c1-7-15(4,5)12-8-9-13(16-6)14(10-12)18(17)11(2)3/h11-14,16H,7-10H2,1-6H3. The second-order valence-electron chi connectivity index (χ2n) is 6.66. The van der Waals surface area contributed by atoms with Gasteiger partial charge in [0.25, 0.3) is 0 Å². The topological polar surface area (TPSA) is 29.1 Å². The fourth-order valence-corrected chi connectivity index (χ4v) is 4.78. The zero-order valence-electron chi connectivity index (χ0n) is 13.0. The van der Waals surface area contributed by atoms with Crippen LogP contribution < -0.4 is 5.32 Å². The summed E-state index contributed by atoms with van der Waals surface area (Å²) < 4.78 is 12.5. The maximum absolute atomic E-state index is 12.5. The molecule has 1 rings (SSSR count). The third kappa shape index (κ3) is 3.57. The monoisotopic (exact) mass is 273 g/mol. The second kappa shape index (κ2) is 6.51. The Morgan fingerprint density at radius 2 is 1.94 bits per heavy atom. The maximum Gasteiger partial charge on any atom is 0.0506 e. The van der Waals surface area contributed by atoms with E-state index in [9.17, 15) is 4.21 Å². The molecule has 18 heavy (non-hydrogen) atoms. The van der Waals surface area contributed by atoms with Crippen LogP contribution >= 0.6 is 0 Å². The van der Waals surface area contributed by atoms with E-state index >= 15 is 0 Å². The average Bonchev–Trinajstić information content (AvgIpc) is 2.36. The molecule has 108 valence electrons. The third-order valence-electron chi connectivity index (χ3n) is 4.94. The number of hydrogen-bond acceptors (Lipinski definition) is 2. The number of hydrogen-bond donors (Lipinski definition) is 1. The molecule has 1 saturated carbocycles. The summed E-state index contributed by atoms with van der Waals surface area (Å²) >= 11 is 0.